The standard InChI is InChI=1S/C21H20F2N4O4/c22-12-4-3-11(15(23)6-12)7-24-20(30)14-9-25-10-16-26-5-1-2-13(26)8-27(16)21(31)17(25)19(29)18(14)28/h3-4,6,9,13,16,29H,1-2,5,7-8,10H2,(H,24,30)/t13?,16-/m1/s1. The Morgan fingerprint density at radius 1 is 1.23 bits per heavy atom. The molecule has 2 aromatic rings. The number of hydrogen-bond acceptors (Lipinski definition) is 5. The maximum Gasteiger partial charge on any atom is 0.275 e. The molecule has 0 aliphatic carbocycles. The van der Waals surface area contributed by atoms with Crippen molar-refractivity contribution in [2.24, 2.45) is 0 Å². The largest absolute Gasteiger partial charge is 0.503 e. The Balaban J connectivity index is 1.43. The number of hydrogen-bond donors (Lipinski definition) is 2. The van der Waals surface area contributed by atoms with E-state index < -0.39 is 34.6 Å². The molecule has 2 amide bonds. The van der Waals surface area contributed by atoms with Gasteiger partial charge in [0.05, 0.1) is 6.54 Å². The minimum atomic E-state index is -0.963. The van der Waals surface area contributed by atoms with E-state index in [0.717, 1.165) is 25.5 Å². The molecule has 0 radical (unpaired) electrons. The molecule has 1 aromatic carbocycles. The molecular formula is C21H20F2N4O4. The van der Waals surface area contributed by atoms with Gasteiger partial charge in [-0.05, 0) is 18.9 Å². The molecule has 10 heteroatoms. The topological polar surface area (TPSA) is 94.9 Å². The molecule has 1 unspecified atom stereocenters. The summed E-state index contributed by atoms with van der Waals surface area (Å²) in [6.45, 7) is 1.50. The second kappa shape index (κ2) is 7.16. The third-order valence-corrected chi connectivity index (χ3v) is 6.35. The van der Waals surface area contributed by atoms with Crippen LogP contribution in [0.25, 0.3) is 0 Å². The van der Waals surface area contributed by atoms with Gasteiger partial charge < -0.3 is 19.9 Å². The van der Waals surface area contributed by atoms with Crippen LogP contribution in [0.2, 0.25) is 0 Å². The highest BCUT2D eigenvalue weighted by atomic mass is 19.1. The quantitative estimate of drug-likeness (QED) is 0.759. The van der Waals surface area contributed by atoms with E-state index in [1.54, 1.807) is 4.90 Å². The number of amides is 2. The summed E-state index contributed by atoms with van der Waals surface area (Å²) in [4.78, 5) is 42.1. The predicted molar refractivity (Wildman–Crippen MR) is 104 cm³/mol. The van der Waals surface area contributed by atoms with Crippen LogP contribution in [0.3, 0.4) is 0 Å². The van der Waals surface area contributed by atoms with E-state index in [2.05, 4.69) is 10.2 Å². The molecular weight excluding hydrogens is 410 g/mol. The van der Waals surface area contributed by atoms with Crippen molar-refractivity contribution in [3.63, 3.8) is 0 Å². The van der Waals surface area contributed by atoms with E-state index in [1.807, 2.05) is 0 Å². The third-order valence-electron chi connectivity index (χ3n) is 6.35. The average molecular weight is 430 g/mol. The van der Waals surface area contributed by atoms with E-state index in [1.165, 1.54) is 16.8 Å². The van der Waals surface area contributed by atoms with Gasteiger partial charge in [-0.15, -0.1) is 0 Å². The number of rotatable bonds is 3. The van der Waals surface area contributed by atoms with E-state index in [-0.39, 0.29) is 35.6 Å². The maximum atomic E-state index is 13.8. The highest BCUT2D eigenvalue weighted by Crippen LogP contribution is 2.35. The summed E-state index contributed by atoms with van der Waals surface area (Å²) in [5.41, 5.74) is -1.38. The highest BCUT2D eigenvalue weighted by Gasteiger charge is 2.48. The van der Waals surface area contributed by atoms with Gasteiger partial charge in [0.15, 0.2) is 11.4 Å². The second-order valence-electron chi connectivity index (χ2n) is 8.11. The number of aromatic nitrogens is 1. The van der Waals surface area contributed by atoms with Crippen molar-refractivity contribution in [3.05, 3.63) is 63.1 Å². The lowest BCUT2D eigenvalue weighted by molar-refractivity contribution is 0.0513. The minimum Gasteiger partial charge on any atom is -0.503 e. The Bertz CT molecular complexity index is 1160. The van der Waals surface area contributed by atoms with E-state index in [0.29, 0.717) is 19.2 Å². The monoisotopic (exact) mass is 430 g/mol. The SMILES string of the molecule is O=C(NCc1ccc(F)cc1F)c1cn2c(c(O)c1=O)C(=O)N1CC3CCCN3[C@H]1C2. The summed E-state index contributed by atoms with van der Waals surface area (Å²) in [6.07, 6.45) is 3.14. The molecule has 3 aliphatic rings. The van der Waals surface area contributed by atoms with Gasteiger partial charge in [0.1, 0.15) is 23.4 Å². The number of benzene rings is 1. The Morgan fingerprint density at radius 3 is 2.81 bits per heavy atom. The summed E-state index contributed by atoms with van der Waals surface area (Å²) in [7, 11) is 0. The van der Waals surface area contributed by atoms with Crippen molar-refractivity contribution in [2.75, 3.05) is 13.1 Å². The lowest BCUT2D eigenvalue weighted by Crippen LogP contribution is -2.50. The predicted octanol–water partition coefficient (Wildman–Crippen LogP) is 1.02. The Kier molecular flexibility index (Phi) is 4.54. The lowest BCUT2D eigenvalue weighted by Gasteiger charge is -2.35. The highest BCUT2D eigenvalue weighted by molar-refractivity contribution is 5.99. The van der Waals surface area contributed by atoms with Crippen LogP contribution in [-0.2, 0) is 13.1 Å². The third kappa shape index (κ3) is 3.09. The molecule has 2 saturated heterocycles. The molecule has 2 fully saturated rings. The number of nitrogens with one attached hydrogen (secondary N) is 1. The fraction of sp³-hybridized carbons (Fsp3) is 0.381. The molecule has 162 valence electrons. The van der Waals surface area contributed by atoms with Crippen LogP contribution in [-0.4, -0.2) is 56.6 Å². The van der Waals surface area contributed by atoms with E-state index in [4.69, 9.17) is 0 Å². The molecule has 3 aliphatic heterocycles. The number of carbonyl (C=O) groups is 2. The van der Waals surface area contributed by atoms with Gasteiger partial charge in [-0.1, -0.05) is 6.07 Å². The van der Waals surface area contributed by atoms with Crippen LogP contribution in [0.5, 0.6) is 5.75 Å². The van der Waals surface area contributed by atoms with Crippen molar-refractivity contribution in [1.82, 2.24) is 19.7 Å². The van der Waals surface area contributed by atoms with Crippen LogP contribution in [0.15, 0.2) is 29.2 Å². The number of aromatic hydroxyl groups is 1. The van der Waals surface area contributed by atoms with Gasteiger partial charge in [-0.2, -0.15) is 0 Å². The van der Waals surface area contributed by atoms with Gasteiger partial charge in [-0.3, -0.25) is 19.3 Å². The van der Waals surface area contributed by atoms with Crippen molar-refractivity contribution in [2.45, 2.75) is 38.1 Å². The molecule has 0 bridgehead atoms. The molecule has 4 heterocycles. The molecule has 2 N–H and O–H groups in total. The number of nitrogens with zero attached hydrogens (tertiary/aromatic N) is 3. The molecule has 2 atom stereocenters. The van der Waals surface area contributed by atoms with Gasteiger partial charge >= 0.3 is 0 Å². The molecule has 8 nitrogen and oxygen atoms in total. The zero-order valence-electron chi connectivity index (χ0n) is 16.5. The first-order chi connectivity index (χ1) is 14.8. The fourth-order valence-electron chi connectivity index (χ4n) is 4.82. The van der Waals surface area contributed by atoms with Crippen molar-refractivity contribution in [3.8, 4) is 5.75 Å². The first-order valence-corrected chi connectivity index (χ1v) is 10.1. The molecule has 0 spiro atoms. The number of fused-ring (bicyclic) bond motifs is 4. The van der Waals surface area contributed by atoms with Gasteiger partial charge in [0.25, 0.3) is 11.8 Å². The van der Waals surface area contributed by atoms with Crippen LogP contribution in [0.1, 0.15) is 39.3 Å². The smallest absolute Gasteiger partial charge is 0.275 e. The van der Waals surface area contributed by atoms with Crippen LogP contribution >= 0.6 is 0 Å². The lowest BCUT2D eigenvalue weighted by atomic mass is 10.1. The minimum absolute atomic E-state index is 0.0499. The number of pyridine rings is 1. The summed E-state index contributed by atoms with van der Waals surface area (Å²) in [5, 5.41) is 12.9. The summed E-state index contributed by atoms with van der Waals surface area (Å²) < 4.78 is 28.3. The van der Waals surface area contributed by atoms with Crippen molar-refractivity contribution < 1.29 is 23.5 Å². The van der Waals surface area contributed by atoms with Crippen molar-refractivity contribution in [1.29, 1.82) is 0 Å². The summed E-state index contributed by atoms with van der Waals surface area (Å²) in [6, 6.07) is 3.23. The summed E-state index contributed by atoms with van der Waals surface area (Å²) in [5.74, 6) is -3.58. The normalized spacial score (nSPS) is 22.3. The van der Waals surface area contributed by atoms with Crippen molar-refractivity contribution >= 4 is 11.8 Å². The molecule has 31 heavy (non-hydrogen) atoms. The van der Waals surface area contributed by atoms with Gasteiger partial charge in [0.2, 0.25) is 5.43 Å². The van der Waals surface area contributed by atoms with E-state index >= 15 is 0 Å². The van der Waals surface area contributed by atoms with E-state index in [9.17, 15) is 28.3 Å². The maximum absolute atomic E-state index is 13.8. The molecule has 1 aromatic heterocycles. The first-order valence-electron chi connectivity index (χ1n) is 10.1. The number of carbonyl (C=O) groups excluding carboxylic acids is 2. The Morgan fingerprint density at radius 2 is 2.03 bits per heavy atom. The van der Waals surface area contributed by atoms with Gasteiger partial charge in [0, 0.05) is 43.5 Å². The fourth-order valence-corrected chi connectivity index (χ4v) is 4.82. The van der Waals surface area contributed by atoms with Crippen LogP contribution in [0, 0.1) is 11.6 Å². The Labute approximate surface area is 175 Å². The van der Waals surface area contributed by atoms with Crippen LogP contribution in [0.4, 0.5) is 8.78 Å². The van der Waals surface area contributed by atoms with Crippen LogP contribution < -0.4 is 10.7 Å². The number of halogens is 2. The Hall–Kier alpha value is -3.27. The molecule has 5 rings (SSSR count). The van der Waals surface area contributed by atoms with Gasteiger partial charge in [-0.25, -0.2) is 8.78 Å². The summed E-state index contributed by atoms with van der Waals surface area (Å²) >= 11 is 0. The zero-order chi connectivity index (χ0) is 21.9. The average Bonchev–Trinajstić information content (AvgIpc) is 3.32. The zero-order valence-corrected chi connectivity index (χ0v) is 16.5. The molecule has 0 saturated carbocycles. The second-order valence-corrected chi connectivity index (χ2v) is 8.11. The first kappa shape index (κ1) is 19.7.